The predicted octanol–water partition coefficient (Wildman–Crippen LogP) is 3.29. The molecule has 84 valence electrons. The number of nitrogens with one attached hydrogen (secondary N) is 1. The lowest BCUT2D eigenvalue weighted by Gasteiger charge is -2.00. The molecule has 0 spiro atoms. The number of hydrogen-bond donors (Lipinski definition) is 2. The van der Waals surface area contributed by atoms with E-state index in [-0.39, 0.29) is 5.75 Å². The number of nitrogens with zero attached hydrogens (tertiary/aromatic N) is 1. The summed E-state index contributed by atoms with van der Waals surface area (Å²) in [7, 11) is 0. The first-order chi connectivity index (χ1) is 8.24. The van der Waals surface area contributed by atoms with Crippen molar-refractivity contribution < 1.29 is 5.11 Å². The number of rotatable bonds is 1. The number of benzene rings is 1. The molecule has 1 aliphatic rings. The molecule has 0 saturated carbocycles. The van der Waals surface area contributed by atoms with Crippen LogP contribution in [0.15, 0.2) is 35.5 Å². The second-order valence-electron chi connectivity index (χ2n) is 4.13. The minimum Gasteiger partial charge on any atom is -0.508 e. The maximum absolute atomic E-state index is 9.50. The molecule has 3 rings (SSSR count). The lowest BCUT2D eigenvalue weighted by atomic mass is 10.1. The van der Waals surface area contributed by atoms with Gasteiger partial charge in [0, 0.05) is 29.2 Å². The van der Waals surface area contributed by atoms with Crippen LogP contribution in [0.1, 0.15) is 16.8 Å². The van der Waals surface area contributed by atoms with Crippen LogP contribution < -0.4 is 0 Å². The molecule has 0 bridgehead atoms. The molecule has 1 aromatic carbocycles. The molecule has 0 unspecified atom stereocenters. The molecule has 0 amide bonds. The van der Waals surface area contributed by atoms with Crippen molar-refractivity contribution >= 4 is 23.6 Å². The van der Waals surface area contributed by atoms with Crippen LogP contribution >= 0.6 is 0 Å². The quantitative estimate of drug-likeness (QED) is 0.767. The number of aryl methyl sites for hydroxylation is 1. The van der Waals surface area contributed by atoms with Gasteiger partial charge in [-0.25, -0.2) is 0 Å². The van der Waals surface area contributed by atoms with E-state index in [0.29, 0.717) is 0 Å². The Morgan fingerprint density at radius 2 is 2.18 bits per heavy atom. The second-order valence-corrected chi connectivity index (χ2v) is 4.13. The number of allylic oxidation sites excluding steroid dienone is 1. The van der Waals surface area contributed by atoms with Crippen LogP contribution in [0.25, 0.3) is 11.6 Å². The number of H-pyrrole nitrogens is 1. The molecule has 17 heavy (non-hydrogen) atoms. The fraction of sp³-hybridized carbons (Fsp3) is 0.0714. The first kappa shape index (κ1) is 9.90. The fourth-order valence-electron chi connectivity index (χ4n) is 1.96. The molecule has 1 aromatic heterocycles. The standard InChI is InChI=1S/C14H12N2O/c1-9-4-5-15-14(9)6-10-8-16-13-3-2-11(17)7-12(10)13/h2-8,15,17H,1H3. The van der Waals surface area contributed by atoms with Gasteiger partial charge in [-0.1, -0.05) is 0 Å². The summed E-state index contributed by atoms with van der Waals surface area (Å²) in [6, 6.07) is 7.25. The van der Waals surface area contributed by atoms with Gasteiger partial charge >= 0.3 is 0 Å². The monoisotopic (exact) mass is 224 g/mol. The van der Waals surface area contributed by atoms with E-state index in [1.54, 1.807) is 12.1 Å². The molecule has 2 aromatic rings. The number of phenolic OH excluding ortho intramolecular Hbond substituents is 1. The molecule has 3 heteroatoms. The lowest BCUT2D eigenvalue weighted by Crippen LogP contribution is -1.82. The summed E-state index contributed by atoms with van der Waals surface area (Å²) < 4.78 is 0. The number of aromatic hydroxyl groups is 1. The van der Waals surface area contributed by atoms with Crippen molar-refractivity contribution in [2.24, 2.45) is 4.99 Å². The van der Waals surface area contributed by atoms with Crippen molar-refractivity contribution in [3.63, 3.8) is 0 Å². The second kappa shape index (κ2) is 3.63. The summed E-state index contributed by atoms with van der Waals surface area (Å²) in [5.74, 6) is 0.267. The van der Waals surface area contributed by atoms with Gasteiger partial charge in [-0.3, -0.25) is 4.99 Å². The maximum atomic E-state index is 9.50. The van der Waals surface area contributed by atoms with E-state index in [4.69, 9.17) is 0 Å². The Labute approximate surface area is 99.2 Å². The molecule has 0 radical (unpaired) electrons. The van der Waals surface area contributed by atoms with Gasteiger partial charge in [-0.05, 0) is 42.8 Å². The smallest absolute Gasteiger partial charge is 0.116 e. The SMILES string of the molecule is Cc1cc[nH]c1C=C1C=Nc2ccc(O)cc21. The van der Waals surface area contributed by atoms with Crippen molar-refractivity contribution in [3.05, 3.63) is 47.3 Å². The number of fused-ring (bicyclic) bond motifs is 1. The third-order valence-corrected chi connectivity index (χ3v) is 2.93. The zero-order valence-electron chi connectivity index (χ0n) is 9.44. The molecule has 0 saturated heterocycles. The van der Waals surface area contributed by atoms with E-state index in [9.17, 15) is 5.11 Å². The Hall–Kier alpha value is -2.29. The van der Waals surface area contributed by atoms with Crippen LogP contribution in [0.3, 0.4) is 0 Å². The molecule has 2 heterocycles. The third-order valence-electron chi connectivity index (χ3n) is 2.93. The van der Waals surface area contributed by atoms with Crippen molar-refractivity contribution in [2.45, 2.75) is 6.92 Å². The van der Waals surface area contributed by atoms with E-state index < -0.39 is 0 Å². The van der Waals surface area contributed by atoms with Gasteiger partial charge in [0.15, 0.2) is 0 Å². The van der Waals surface area contributed by atoms with E-state index in [1.807, 2.05) is 30.6 Å². The zero-order chi connectivity index (χ0) is 11.8. The maximum Gasteiger partial charge on any atom is 0.116 e. The van der Waals surface area contributed by atoms with Gasteiger partial charge in [-0.2, -0.15) is 0 Å². The van der Waals surface area contributed by atoms with Gasteiger partial charge < -0.3 is 10.1 Å². The molecule has 0 atom stereocenters. The van der Waals surface area contributed by atoms with E-state index in [0.717, 1.165) is 22.5 Å². The lowest BCUT2D eigenvalue weighted by molar-refractivity contribution is 0.475. The van der Waals surface area contributed by atoms with Crippen LogP contribution in [-0.2, 0) is 0 Å². The van der Waals surface area contributed by atoms with Crippen LogP contribution in [0.5, 0.6) is 5.75 Å². The first-order valence-electron chi connectivity index (χ1n) is 5.47. The Morgan fingerprint density at radius 1 is 1.29 bits per heavy atom. The number of aromatic amines is 1. The molecular formula is C14H12N2O. The van der Waals surface area contributed by atoms with Crippen LogP contribution in [0, 0.1) is 6.92 Å². The minimum atomic E-state index is 0.267. The minimum absolute atomic E-state index is 0.267. The van der Waals surface area contributed by atoms with Crippen molar-refractivity contribution in [2.75, 3.05) is 0 Å². The average molecular weight is 224 g/mol. The van der Waals surface area contributed by atoms with Crippen LogP contribution in [0.2, 0.25) is 0 Å². The van der Waals surface area contributed by atoms with E-state index in [2.05, 4.69) is 16.9 Å². The van der Waals surface area contributed by atoms with Gasteiger partial charge in [0.2, 0.25) is 0 Å². The Kier molecular flexibility index (Phi) is 2.11. The normalized spacial score (nSPS) is 15.5. The highest BCUT2D eigenvalue weighted by atomic mass is 16.3. The van der Waals surface area contributed by atoms with Crippen molar-refractivity contribution in [1.29, 1.82) is 0 Å². The van der Waals surface area contributed by atoms with E-state index >= 15 is 0 Å². The predicted molar refractivity (Wildman–Crippen MR) is 69.7 cm³/mol. The third kappa shape index (κ3) is 1.65. The van der Waals surface area contributed by atoms with Gasteiger partial charge in [0.1, 0.15) is 5.75 Å². The highest BCUT2D eigenvalue weighted by Crippen LogP contribution is 2.34. The summed E-state index contributed by atoms with van der Waals surface area (Å²) in [4.78, 5) is 7.49. The topological polar surface area (TPSA) is 48.4 Å². The summed E-state index contributed by atoms with van der Waals surface area (Å²) in [5.41, 5.74) is 5.15. The van der Waals surface area contributed by atoms with Crippen LogP contribution in [0.4, 0.5) is 5.69 Å². The molecular weight excluding hydrogens is 212 g/mol. The summed E-state index contributed by atoms with van der Waals surface area (Å²) in [6.07, 6.45) is 5.78. The number of hydrogen-bond acceptors (Lipinski definition) is 2. The highest BCUT2D eigenvalue weighted by Gasteiger charge is 2.13. The Balaban J connectivity index is 2.10. The fourth-order valence-corrected chi connectivity index (χ4v) is 1.96. The summed E-state index contributed by atoms with van der Waals surface area (Å²) in [6.45, 7) is 2.05. The van der Waals surface area contributed by atoms with Gasteiger partial charge in [0.25, 0.3) is 0 Å². The van der Waals surface area contributed by atoms with Crippen molar-refractivity contribution in [1.82, 2.24) is 4.98 Å². The highest BCUT2D eigenvalue weighted by molar-refractivity contribution is 6.21. The molecule has 2 N–H and O–H groups in total. The first-order valence-corrected chi connectivity index (χ1v) is 5.47. The van der Waals surface area contributed by atoms with E-state index in [1.165, 1.54) is 5.56 Å². The molecule has 3 nitrogen and oxygen atoms in total. The molecule has 1 aliphatic heterocycles. The van der Waals surface area contributed by atoms with Gasteiger partial charge in [0.05, 0.1) is 5.69 Å². The van der Waals surface area contributed by atoms with Crippen LogP contribution in [-0.4, -0.2) is 16.3 Å². The number of aliphatic imine (C=N–C) groups is 1. The Morgan fingerprint density at radius 3 is 2.94 bits per heavy atom. The summed E-state index contributed by atoms with van der Waals surface area (Å²) in [5, 5.41) is 9.50. The average Bonchev–Trinajstić information content (AvgIpc) is 2.88. The molecule has 0 fully saturated rings. The zero-order valence-corrected chi connectivity index (χ0v) is 9.44. The number of phenols is 1. The largest absolute Gasteiger partial charge is 0.508 e. The van der Waals surface area contributed by atoms with Crippen molar-refractivity contribution in [3.8, 4) is 5.75 Å². The van der Waals surface area contributed by atoms with Gasteiger partial charge in [-0.15, -0.1) is 0 Å². The molecule has 0 aliphatic carbocycles. The Bertz CT molecular complexity index is 635. The number of aromatic nitrogens is 1. The summed E-state index contributed by atoms with van der Waals surface area (Å²) >= 11 is 0.